The Morgan fingerprint density at radius 1 is 1.10 bits per heavy atom. The van der Waals surface area contributed by atoms with Crippen LogP contribution in [-0.2, 0) is 20.7 Å². The van der Waals surface area contributed by atoms with Crippen LogP contribution in [0.3, 0.4) is 0 Å². The van der Waals surface area contributed by atoms with Gasteiger partial charge in [-0.3, -0.25) is 9.59 Å². The predicted molar refractivity (Wildman–Crippen MR) is 119 cm³/mol. The third kappa shape index (κ3) is 5.31. The summed E-state index contributed by atoms with van der Waals surface area (Å²) in [6, 6.07) is 14.0. The van der Waals surface area contributed by atoms with Crippen molar-refractivity contribution in [1.82, 2.24) is 10.2 Å². The van der Waals surface area contributed by atoms with E-state index < -0.39 is 5.60 Å². The molecule has 1 heterocycles. The Hall–Kier alpha value is -2.73. The third-order valence-corrected chi connectivity index (χ3v) is 5.47. The Labute approximate surface area is 183 Å². The average Bonchev–Trinajstić information content (AvgIpc) is 2.74. The summed E-state index contributed by atoms with van der Waals surface area (Å²) in [7, 11) is 0. The maximum Gasteiger partial charge on any atom is 0.254 e. The first-order valence-electron chi connectivity index (χ1n) is 10.8. The molecule has 166 valence electrons. The highest BCUT2D eigenvalue weighted by Crippen LogP contribution is 2.31. The lowest BCUT2D eigenvalue weighted by Crippen LogP contribution is -2.63. The molecule has 2 aromatic carbocycles. The van der Waals surface area contributed by atoms with Gasteiger partial charge >= 0.3 is 0 Å². The van der Waals surface area contributed by atoms with Gasteiger partial charge in [0.2, 0.25) is 5.91 Å². The number of nitrogens with one attached hydrogen (secondary N) is 1. The normalized spacial score (nSPS) is 19.0. The number of hydrogen-bond acceptors (Lipinski definition) is 3. The summed E-state index contributed by atoms with van der Waals surface area (Å²) in [5.41, 5.74) is 1.49. The highest BCUT2D eigenvalue weighted by atomic mass is 19.1. The number of hydrogen-bond donors (Lipinski definition) is 1. The molecule has 1 saturated heterocycles. The molecule has 1 N–H and O–H groups in total. The molecule has 0 aromatic heterocycles. The van der Waals surface area contributed by atoms with Crippen molar-refractivity contribution in [2.45, 2.75) is 45.8 Å². The van der Waals surface area contributed by atoms with Crippen LogP contribution in [0.15, 0.2) is 48.5 Å². The number of carbonyl (C=O) groups excluding carboxylic acids is 2. The van der Waals surface area contributed by atoms with Gasteiger partial charge < -0.3 is 15.0 Å². The van der Waals surface area contributed by atoms with Crippen molar-refractivity contribution in [2.75, 3.05) is 19.7 Å². The van der Waals surface area contributed by atoms with E-state index in [9.17, 15) is 14.0 Å². The number of halogens is 1. The molecule has 1 fully saturated rings. The molecule has 0 aliphatic carbocycles. The van der Waals surface area contributed by atoms with E-state index in [2.05, 4.69) is 5.32 Å². The van der Waals surface area contributed by atoms with Gasteiger partial charge in [0.1, 0.15) is 5.82 Å². The van der Waals surface area contributed by atoms with Crippen molar-refractivity contribution in [3.05, 3.63) is 59.9 Å². The molecule has 31 heavy (non-hydrogen) atoms. The van der Waals surface area contributed by atoms with Crippen LogP contribution >= 0.6 is 0 Å². The summed E-state index contributed by atoms with van der Waals surface area (Å²) in [5, 5.41) is 2.98. The average molecular weight is 427 g/mol. The molecule has 5 nitrogen and oxygen atoms in total. The van der Waals surface area contributed by atoms with E-state index in [0.717, 1.165) is 16.7 Å². The van der Waals surface area contributed by atoms with Gasteiger partial charge in [-0.1, -0.05) is 50.2 Å². The van der Waals surface area contributed by atoms with Gasteiger partial charge in [-0.05, 0) is 42.7 Å². The largest absolute Gasteiger partial charge is 0.361 e. The number of rotatable bonds is 6. The molecule has 1 aliphatic rings. The second-order valence-electron chi connectivity index (χ2n) is 8.73. The first-order chi connectivity index (χ1) is 14.7. The summed E-state index contributed by atoms with van der Waals surface area (Å²) < 4.78 is 19.6. The second kappa shape index (κ2) is 9.60. The zero-order valence-electron chi connectivity index (χ0n) is 18.7. The fraction of sp³-hybridized carbons (Fsp3) is 0.440. The molecular weight excluding hydrogens is 395 g/mol. The van der Waals surface area contributed by atoms with E-state index in [0.29, 0.717) is 19.6 Å². The van der Waals surface area contributed by atoms with E-state index in [1.807, 2.05) is 52.0 Å². The van der Waals surface area contributed by atoms with Crippen molar-refractivity contribution in [2.24, 2.45) is 5.92 Å². The Bertz CT molecular complexity index is 927. The molecule has 1 atom stereocenters. The summed E-state index contributed by atoms with van der Waals surface area (Å²) in [6.07, 6.45) is 0.307. The Kier molecular flexibility index (Phi) is 7.11. The number of ether oxygens (including phenoxy) is 1. The summed E-state index contributed by atoms with van der Waals surface area (Å²) in [6.45, 7) is 8.47. The van der Waals surface area contributed by atoms with Crippen molar-refractivity contribution in [3.63, 3.8) is 0 Å². The van der Waals surface area contributed by atoms with Gasteiger partial charge in [0.05, 0.1) is 13.2 Å². The zero-order valence-corrected chi connectivity index (χ0v) is 18.7. The first kappa shape index (κ1) is 22.9. The summed E-state index contributed by atoms with van der Waals surface area (Å²) in [5.74, 6) is -0.669. The Morgan fingerprint density at radius 2 is 1.77 bits per heavy atom. The molecule has 2 aromatic rings. The second-order valence-corrected chi connectivity index (χ2v) is 8.73. The fourth-order valence-electron chi connectivity index (χ4n) is 3.95. The van der Waals surface area contributed by atoms with E-state index in [1.165, 1.54) is 12.1 Å². The first-order valence-corrected chi connectivity index (χ1v) is 10.8. The van der Waals surface area contributed by atoms with Crippen LogP contribution in [0, 0.1) is 11.7 Å². The zero-order chi connectivity index (χ0) is 22.6. The smallest absolute Gasteiger partial charge is 0.254 e. The summed E-state index contributed by atoms with van der Waals surface area (Å²) >= 11 is 0. The SMILES string of the molecule is CC(C)NC(=O)[C@@]1(Cc2ccccc2-c2ccc(F)cc2)CN(C(=O)C(C)C)CCO1. The van der Waals surface area contributed by atoms with Gasteiger partial charge in [0.25, 0.3) is 5.91 Å². The third-order valence-electron chi connectivity index (χ3n) is 5.47. The van der Waals surface area contributed by atoms with Crippen LogP contribution in [0.5, 0.6) is 0 Å². The Morgan fingerprint density at radius 3 is 2.42 bits per heavy atom. The number of morpholine rings is 1. The molecular formula is C25H31FN2O3. The molecule has 2 amide bonds. The highest BCUT2D eigenvalue weighted by Gasteiger charge is 2.45. The van der Waals surface area contributed by atoms with E-state index in [4.69, 9.17) is 4.74 Å². The lowest BCUT2D eigenvalue weighted by molar-refractivity contribution is -0.167. The molecule has 3 rings (SSSR count). The molecule has 0 radical (unpaired) electrons. The van der Waals surface area contributed by atoms with E-state index in [1.54, 1.807) is 17.0 Å². The van der Waals surface area contributed by atoms with Crippen molar-refractivity contribution in [1.29, 1.82) is 0 Å². The molecule has 0 unspecified atom stereocenters. The van der Waals surface area contributed by atoms with Crippen LogP contribution in [0.1, 0.15) is 33.3 Å². The Balaban J connectivity index is 1.99. The quantitative estimate of drug-likeness (QED) is 0.764. The van der Waals surface area contributed by atoms with Gasteiger partial charge in [-0.2, -0.15) is 0 Å². The van der Waals surface area contributed by atoms with Crippen molar-refractivity contribution in [3.8, 4) is 11.1 Å². The minimum atomic E-state index is -1.19. The number of carbonyl (C=O) groups is 2. The van der Waals surface area contributed by atoms with Crippen molar-refractivity contribution < 1.29 is 18.7 Å². The van der Waals surface area contributed by atoms with Crippen LogP contribution in [-0.4, -0.2) is 48.1 Å². The van der Waals surface area contributed by atoms with Crippen LogP contribution in [0.2, 0.25) is 0 Å². The van der Waals surface area contributed by atoms with Crippen LogP contribution in [0.4, 0.5) is 4.39 Å². The number of nitrogens with zero attached hydrogens (tertiary/aromatic N) is 1. The maximum atomic E-state index is 13.4. The van der Waals surface area contributed by atoms with Gasteiger partial charge in [-0.15, -0.1) is 0 Å². The number of amides is 2. The van der Waals surface area contributed by atoms with E-state index in [-0.39, 0.29) is 36.1 Å². The molecule has 0 spiro atoms. The monoisotopic (exact) mass is 426 g/mol. The van der Waals surface area contributed by atoms with Gasteiger partial charge in [-0.25, -0.2) is 4.39 Å². The summed E-state index contributed by atoms with van der Waals surface area (Å²) in [4.78, 5) is 27.8. The minimum Gasteiger partial charge on any atom is -0.361 e. The molecule has 0 saturated carbocycles. The minimum absolute atomic E-state index is 0.0110. The predicted octanol–water partition coefficient (Wildman–Crippen LogP) is 3.81. The lowest BCUT2D eigenvalue weighted by Gasteiger charge is -2.42. The number of benzene rings is 2. The molecule has 0 bridgehead atoms. The topological polar surface area (TPSA) is 58.6 Å². The lowest BCUT2D eigenvalue weighted by atomic mass is 9.87. The highest BCUT2D eigenvalue weighted by molar-refractivity contribution is 5.88. The standard InChI is InChI=1S/C25H31FN2O3/c1-17(2)23(29)28-13-14-31-25(16-28,24(30)27-18(3)4)15-20-7-5-6-8-22(20)19-9-11-21(26)12-10-19/h5-12,17-18H,13-16H2,1-4H3,(H,27,30)/t25-/m1/s1. The molecule has 1 aliphatic heterocycles. The molecule has 6 heteroatoms. The van der Waals surface area contributed by atoms with E-state index >= 15 is 0 Å². The van der Waals surface area contributed by atoms with Crippen molar-refractivity contribution >= 4 is 11.8 Å². The van der Waals surface area contributed by atoms with Gasteiger partial charge in [0, 0.05) is 24.9 Å². The maximum absolute atomic E-state index is 13.4. The van der Waals surface area contributed by atoms with Crippen LogP contribution < -0.4 is 5.32 Å². The van der Waals surface area contributed by atoms with Gasteiger partial charge in [0.15, 0.2) is 5.60 Å². The van der Waals surface area contributed by atoms with Crippen LogP contribution in [0.25, 0.3) is 11.1 Å². The fourth-order valence-corrected chi connectivity index (χ4v) is 3.95.